The van der Waals surface area contributed by atoms with Crippen molar-refractivity contribution in [2.75, 3.05) is 33.3 Å². The third-order valence-electron chi connectivity index (χ3n) is 4.46. The highest BCUT2D eigenvalue weighted by molar-refractivity contribution is 5.37. The van der Waals surface area contributed by atoms with E-state index in [-0.39, 0.29) is 0 Å². The van der Waals surface area contributed by atoms with E-state index in [1.54, 1.807) is 0 Å². The minimum atomic E-state index is 0.592. The first-order chi connectivity index (χ1) is 9.72. The Labute approximate surface area is 123 Å². The summed E-state index contributed by atoms with van der Waals surface area (Å²) in [5, 5.41) is 3.61. The van der Waals surface area contributed by atoms with Crippen LogP contribution < -0.4 is 10.1 Å². The Kier molecular flexibility index (Phi) is 5.86. The van der Waals surface area contributed by atoms with Gasteiger partial charge in [-0.15, -0.1) is 0 Å². The molecule has 2 unspecified atom stereocenters. The maximum atomic E-state index is 5.71. The fourth-order valence-corrected chi connectivity index (χ4v) is 2.69. The van der Waals surface area contributed by atoms with Crippen LogP contribution in [-0.4, -0.2) is 44.2 Å². The molecule has 0 spiro atoms. The third kappa shape index (κ3) is 3.97. The first-order valence-electron chi connectivity index (χ1n) is 7.85. The molecule has 0 bridgehead atoms. The van der Waals surface area contributed by atoms with Crippen LogP contribution in [0.15, 0.2) is 24.3 Å². The molecule has 0 radical (unpaired) electrons. The quantitative estimate of drug-likeness (QED) is 0.775. The lowest BCUT2D eigenvalue weighted by Crippen LogP contribution is -2.36. The van der Waals surface area contributed by atoms with Crippen LogP contribution in [0.3, 0.4) is 0 Å². The van der Waals surface area contributed by atoms with Crippen LogP contribution in [0.2, 0.25) is 0 Å². The van der Waals surface area contributed by atoms with Gasteiger partial charge in [0.25, 0.3) is 0 Å². The van der Waals surface area contributed by atoms with Crippen molar-refractivity contribution in [2.24, 2.45) is 0 Å². The highest BCUT2D eigenvalue weighted by atomic mass is 16.5. The van der Waals surface area contributed by atoms with E-state index < -0.39 is 0 Å². The molecule has 0 aromatic heterocycles. The summed E-state index contributed by atoms with van der Waals surface area (Å²) in [6.45, 7) is 8.59. The number of nitrogens with one attached hydrogen (secondary N) is 1. The number of fused-ring (bicyclic) bond motifs is 1. The summed E-state index contributed by atoms with van der Waals surface area (Å²) in [4.78, 5) is 2.42. The van der Waals surface area contributed by atoms with Crippen molar-refractivity contribution < 1.29 is 4.74 Å². The molecule has 112 valence electrons. The first-order valence-corrected chi connectivity index (χ1v) is 7.85. The number of para-hydroxylation sites is 1. The summed E-state index contributed by atoms with van der Waals surface area (Å²) in [6, 6.07) is 9.11. The van der Waals surface area contributed by atoms with Gasteiger partial charge in [0.1, 0.15) is 5.75 Å². The number of rotatable bonds is 7. The Morgan fingerprint density at radius 1 is 1.40 bits per heavy atom. The Balaban J connectivity index is 1.76. The van der Waals surface area contributed by atoms with Crippen LogP contribution in [-0.2, 0) is 0 Å². The van der Waals surface area contributed by atoms with Crippen molar-refractivity contribution >= 4 is 0 Å². The number of ether oxygens (including phenoxy) is 1. The first kappa shape index (κ1) is 15.3. The van der Waals surface area contributed by atoms with E-state index in [2.05, 4.69) is 55.4 Å². The molecule has 1 aromatic carbocycles. The predicted molar refractivity (Wildman–Crippen MR) is 84.5 cm³/mol. The van der Waals surface area contributed by atoms with Gasteiger partial charge in [0, 0.05) is 31.6 Å². The van der Waals surface area contributed by atoms with Gasteiger partial charge in [0.05, 0.1) is 6.61 Å². The van der Waals surface area contributed by atoms with Crippen LogP contribution in [0.4, 0.5) is 0 Å². The second-order valence-electron chi connectivity index (χ2n) is 5.81. The smallest absolute Gasteiger partial charge is 0.122 e. The normalized spacial score (nSPS) is 19.5. The zero-order chi connectivity index (χ0) is 14.4. The van der Waals surface area contributed by atoms with Crippen molar-refractivity contribution in [3.8, 4) is 5.75 Å². The van der Waals surface area contributed by atoms with Crippen LogP contribution in [0.25, 0.3) is 0 Å². The van der Waals surface area contributed by atoms with Crippen molar-refractivity contribution in [3.63, 3.8) is 0 Å². The third-order valence-corrected chi connectivity index (χ3v) is 4.46. The lowest BCUT2D eigenvalue weighted by Gasteiger charge is -2.27. The number of likely N-dealkylation sites (N-methyl/N-ethyl adjacent to an activating group) is 1. The molecule has 1 aromatic rings. The average molecular weight is 276 g/mol. The molecule has 2 atom stereocenters. The Bertz CT molecular complexity index is 408. The van der Waals surface area contributed by atoms with Gasteiger partial charge in [-0.2, -0.15) is 0 Å². The molecule has 1 N–H and O–H groups in total. The molecule has 3 heteroatoms. The van der Waals surface area contributed by atoms with Crippen LogP contribution in [0.1, 0.15) is 38.2 Å². The number of benzene rings is 1. The van der Waals surface area contributed by atoms with Gasteiger partial charge >= 0.3 is 0 Å². The number of nitrogens with zero attached hydrogens (tertiary/aromatic N) is 1. The SMILES string of the molecule is CCC(C)N(C)CCNCC1CCOc2ccccc21. The molecule has 0 fully saturated rings. The molecular formula is C17H28N2O. The summed E-state index contributed by atoms with van der Waals surface area (Å²) in [5.41, 5.74) is 1.36. The largest absolute Gasteiger partial charge is 0.493 e. The van der Waals surface area contributed by atoms with Crippen molar-refractivity contribution in [2.45, 2.75) is 38.6 Å². The van der Waals surface area contributed by atoms with Gasteiger partial charge < -0.3 is 15.0 Å². The topological polar surface area (TPSA) is 24.5 Å². The molecule has 0 saturated heterocycles. The second kappa shape index (κ2) is 7.65. The van der Waals surface area contributed by atoms with E-state index in [1.165, 1.54) is 12.0 Å². The summed E-state index contributed by atoms with van der Waals surface area (Å²) in [7, 11) is 2.21. The molecule has 1 aliphatic heterocycles. The van der Waals surface area contributed by atoms with E-state index in [4.69, 9.17) is 4.74 Å². The van der Waals surface area contributed by atoms with E-state index in [1.807, 2.05) is 0 Å². The van der Waals surface area contributed by atoms with E-state index in [0.29, 0.717) is 12.0 Å². The zero-order valence-electron chi connectivity index (χ0n) is 13.1. The maximum Gasteiger partial charge on any atom is 0.122 e. The number of hydrogen-bond acceptors (Lipinski definition) is 3. The van der Waals surface area contributed by atoms with Crippen molar-refractivity contribution in [1.29, 1.82) is 0 Å². The summed E-state index contributed by atoms with van der Waals surface area (Å²) >= 11 is 0. The molecule has 1 heterocycles. The van der Waals surface area contributed by atoms with E-state index in [0.717, 1.165) is 38.4 Å². The van der Waals surface area contributed by atoms with E-state index in [9.17, 15) is 0 Å². The average Bonchev–Trinajstić information content (AvgIpc) is 2.50. The lowest BCUT2D eigenvalue weighted by molar-refractivity contribution is 0.245. The lowest BCUT2D eigenvalue weighted by atomic mass is 9.93. The Morgan fingerprint density at radius 2 is 2.20 bits per heavy atom. The standard InChI is InChI=1S/C17H28N2O/c1-4-14(2)19(3)11-10-18-13-15-9-12-20-17-8-6-5-7-16(15)17/h5-8,14-15,18H,4,9-13H2,1-3H3. The van der Waals surface area contributed by atoms with Gasteiger partial charge in [-0.25, -0.2) is 0 Å². The van der Waals surface area contributed by atoms with Gasteiger partial charge in [0.15, 0.2) is 0 Å². The Hall–Kier alpha value is -1.06. The molecule has 2 rings (SSSR count). The molecule has 3 nitrogen and oxygen atoms in total. The molecule has 1 aliphatic rings. The maximum absolute atomic E-state index is 5.71. The monoisotopic (exact) mass is 276 g/mol. The second-order valence-corrected chi connectivity index (χ2v) is 5.81. The fraction of sp³-hybridized carbons (Fsp3) is 0.647. The molecular weight excluding hydrogens is 248 g/mol. The van der Waals surface area contributed by atoms with Crippen LogP contribution in [0.5, 0.6) is 5.75 Å². The molecule has 0 saturated carbocycles. The summed E-state index contributed by atoms with van der Waals surface area (Å²) in [5.74, 6) is 1.66. The highest BCUT2D eigenvalue weighted by Gasteiger charge is 2.20. The molecule has 20 heavy (non-hydrogen) atoms. The predicted octanol–water partition coefficient (Wildman–Crippen LogP) is 2.87. The number of hydrogen-bond donors (Lipinski definition) is 1. The van der Waals surface area contributed by atoms with E-state index >= 15 is 0 Å². The van der Waals surface area contributed by atoms with Crippen molar-refractivity contribution in [1.82, 2.24) is 10.2 Å². The minimum absolute atomic E-state index is 0.592. The summed E-state index contributed by atoms with van der Waals surface area (Å²) in [6.07, 6.45) is 2.33. The van der Waals surface area contributed by atoms with Crippen LogP contribution in [0, 0.1) is 0 Å². The minimum Gasteiger partial charge on any atom is -0.493 e. The van der Waals surface area contributed by atoms with Crippen molar-refractivity contribution in [3.05, 3.63) is 29.8 Å². The molecule has 0 aliphatic carbocycles. The van der Waals surface area contributed by atoms with Crippen LogP contribution >= 0.6 is 0 Å². The fourth-order valence-electron chi connectivity index (χ4n) is 2.69. The van der Waals surface area contributed by atoms with Gasteiger partial charge in [-0.3, -0.25) is 0 Å². The van der Waals surface area contributed by atoms with Gasteiger partial charge in [-0.05, 0) is 38.4 Å². The molecule has 0 amide bonds. The zero-order valence-corrected chi connectivity index (χ0v) is 13.1. The summed E-state index contributed by atoms with van der Waals surface area (Å²) < 4.78 is 5.71. The van der Waals surface area contributed by atoms with Gasteiger partial charge in [0.2, 0.25) is 0 Å². The highest BCUT2D eigenvalue weighted by Crippen LogP contribution is 2.32. The Morgan fingerprint density at radius 3 is 3.00 bits per heavy atom. The van der Waals surface area contributed by atoms with Gasteiger partial charge in [-0.1, -0.05) is 25.1 Å².